The number of benzene rings is 1. The fraction of sp³-hybridized carbons (Fsp3) is 0.684. The van der Waals surface area contributed by atoms with Crippen molar-refractivity contribution in [1.82, 2.24) is 0 Å². The quantitative estimate of drug-likeness (QED) is 0.518. The number of unbranched alkanes of at least 4 members (excludes halogenated alkanes) is 3. The highest BCUT2D eigenvalue weighted by atomic mass is 35.5. The van der Waals surface area contributed by atoms with Gasteiger partial charge in [0.1, 0.15) is 0 Å². The third kappa shape index (κ3) is 5.00. The van der Waals surface area contributed by atoms with E-state index in [1.54, 1.807) is 0 Å². The van der Waals surface area contributed by atoms with Gasteiger partial charge in [0.25, 0.3) is 0 Å². The van der Waals surface area contributed by atoms with Crippen LogP contribution in [0.2, 0.25) is 5.02 Å². The molecule has 1 fully saturated rings. The summed E-state index contributed by atoms with van der Waals surface area (Å²) in [7, 11) is 0. The molecule has 2 heteroatoms. The molecule has 1 aliphatic rings. The van der Waals surface area contributed by atoms with Gasteiger partial charge in [-0.15, -0.1) is 0 Å². The molecule has 2 rings (SSSR count). The fourth-order valence-electron chi connectivity index (χ4n) is 3.51. The number of halogens is 1. The maximum atomic E-state index is 6.41. The Morgan fingerprint density at radius 1 is 1.10 bits per heavy atom. The van der Waals surface area contributed by atoms with Gasteiger partial charge < -0.3 is 5.73 Å². The number of hydrogen-bond donors (Lipinski definition) is 1. The lowest BCUT2D eigenvalue weighted by atomic mass is 9.87. The second-order valence-corrected chi connectivity index (χ2v) is 6.98. The molecule has 118 valence electrons. The molecule has 1 saturated carbocycles. The van der Waals surface area contributed by atoms with Crippen LogP contribution in [-0.4, -0.2) is 6.04 Å². The SMILES string of the molecule is CCCCCCc1cc(C2CCCCCC2N)ccc1Cl. The van der Waals surface area contributed by atoms with Crippen LogP contribution in [0.3, 0.4) is 0 Å². The number of aryl methyl sites for hydroxylation is 1. The highest BCUT2D eigenvalue weighted by Crippen LogP contribution is 2.33. The molecule has 0 heterocycles. The summed E-state index contributed by atoms with van der Waals surface area (Å²) in [5, 5.41) is 0.928. The van der Waals surface area contributed by atoms with Crippen molar-refractivity contribution in [2.75, 3.05) is 0 Å². The molecule has 1 nitrogen and oxygen atoms in total. The van der Waals surface area contributed by atoms with Gasteiger partial charge >= 0.3 is 0 Å². The van der Waals surface area contributed by atoms with Gasteiger partial charge in [-0.1, -0.05) is 69.2 Å². The molecule has 2 unspecified atom stereocenters. The lowest BCUT2D eigenvalue weighted by Crippen LogP contribution is -2.27. The summed E-state index contributed by atoms with van der Waals surface area (Å²) in [6.07, 6.45) is 12.6. The van der Waals surface area contributed by atoms with E-state index in [1.165, 1.54) is 68.9 Å². The monoisotopic (exact) mass is 307 g/mol. The minimum atomic E-state index is 0.321. The van der Waals surface area contributed by atoms with Gasteiger partial charge in [-0.2, -0.15) is 0 Å². The predicted molar refractivity (Wildman–Crippen MR) is 93.1 cm³/mol. The molecule has 0 saturated heterocycles. The smallest absolute Gasteiger partial charge is 0.0438 e. The molecule has 1 aliphatic carbocycles. The van der Waals surface area contributed by atoms with Crippen LogP contribution in [0.25, 0.3) is 0 Å². The third-order valence-corrected chi connectivity index (χ3v) is 5.24. The van der Waals surface area contributed by atoms with Crippen LogP contribution in [-0.2, 0) is 6.42 Å². The summed E-state index contributed by atoms with van der Waals surface area (Å²) in [5.74, 6) is 0.527. The number of rotatable bonds is 6. The van der Waals surface area contributed by atoms with Crippen LogP contribution in [0.1, 0.15) is 81.8 Å². The van der Waals surface area contributed by atoms with E-state index < -0.39 is 0 Å². The largest absolute Gasteiger partial charge is 0.327 e. The van der Waals surface area contributed by atoms with Crippen LogP contribution in [0.15, 0.2) is 18.2 Å². The first kappa shape index (κ1) is 16.8. The maximum absolute atomic E-state index is 6.41. The summed E-state index contributed by atoms with van der Waals surface area (Å²) in [6, 6.07) is 6.95. The van der Waals surface area contributed by atoms with Crippen molar-refractivity contribution in [2.24, 2.45) is 5.73 Å². The number of nitrogens with two attached hydrogens (primary N) is 1. The average Bonchev–Trinajstić information content (AvgIpc) is 2.70. The van der Waals surface area contributed by atoms with Crippen LogP contribution in [0.5, 0.6) is 0 Å². The molecule has 2 N–H and O–H groups in total. The minimum absolute atomic E-state index is 0.321. The van der Waals surface area contributed by atoms with Crippen molar-refractivity contribution in [1.29, 1.82) is 0 Å². The van der Waals surface area contributed by atoms with E-state index in [2.05, 4.69) is 25.1 Å². The van der Waals surface area contributed by atoms with E-state index in [4.69, 9.17) is 17.3 Å². The zero-order valence-electron chi connectivity index (χ0n) is 13.4. The van der Waals surface area contributed by atoms with Gasteiger partial charge in [-0.3, -0.25) is 0 Å². The summed E-state index contributed by atoms with van der Waals surface area (Å²) in [5.41, 5.74) is 9.14. The molecule has 0 spiro atoms. The standard InChI is InChI=1S/C19H30ClN/c1-2-3-4-6-9-16-14-15(12-13-18(16)20)17-10-7-5-8-11-19(17)21/h12-14,17,19H,2-11,21H2,1H3. The maximum Gasteiger partial charge on any atom is 0.0438 e. The Labute approximate surface area is 135 Å². The molecular weight excluding hydrogens is 278 g/mol. The van der Waals surface area contributed by atoms with Gasteiger partial charge in [-0.25, -0.2) is 0 Å². The van der Waals surface area contributed by atoms with Crippen LogP contribution < -0.4 is 5.73 Å². The Morgan fingerprint density at radius 2 is 1.90 bits per heavy atom. The van der Waals surface area contributed by atoms with E-state index in [9.17, 15) is 0 Å². The molecule has 0 amide bonds. The van der Waals surface area contributed by atoms with Gasteiger partial charge in [0.2, 0.25) is 0 Å². The zero-order valence-corrected chi connectivity index (χ0v) is 14.2. The van der Waals surface area contributed by atoms with Crippen LogP contribution in [0, 0.1) is 0 Å². The zero-order chi connectivity index (χ0) is 15.1. The molecule has 0 radical (unpaired) electrons. The van der Waals surface area contributed by atoms with E-state index in [0.29, 0.717) is 12.0 Å². The van der Waals surface area contributed by atoms with E-state index in [1.807, 2.05) is 0 Å². The van der Waals surface area contributed by atoms with Gasteiger partial charge in [0.15, 0.2) is 0 Å². The molecule has 21 heavy (non-hydrogen) atoms. The van der Waals surface area contributed by atoms with Crippen LogP contribution >= 0.6 is 11.6 Å². The fourth-order valence-corrected chi connectivity index (χ4v) is 3.72. The van der Waals surface area contributed by atoms with Crippen molar-refractivity contribution in [3.63, 3.8) is 0 Å². The van der Waals surface area contributed by atoms with Gasteiger partial charge in [0.05, 0.1) is 0 Å². The summed E-state index contributed by atoms with van der Waals surface area (Å²) in [6.45, 7) is 2.25. The topological polar surface area (TPSA) is 26.0 Å². The average molecular weight is 308 g/mol. The second kappa shape index (κ2) is 8.80. The van der Waals surface area contributed by atoms with Gasteiger partial charge in [-0.05, 0) is 48.8 Å². The first-order valence-electron chi connectivity index (χ1n) is 8.76. The van der Waals surface area contributed by atoms with Crippen molar-refractivity contribution in [3.05, 3.63) is 34.3 Å². The van der Waals surface area contributed by atoms with E-state index in [-0.39, 0.29) is 0 Å². The number of hydrogen-bond acceptors (Lipinski definition) is 1. The first-order valence-corrected chi connectivity index (χ1v) is 9.14. The molecular formula is C19H30ClN. The Kier molecular flexibility index (Phi) is 7.06. The lowest BCUT2D eigenvalue weighted by molar-refractivity contribution is 0.504. The molecule has 1 aromatic carbocycles. The molecule has 0 aliphatic heterocycles. The predicted octanol–water partition coefficient (Wildman–Crippen LogP) is 5.84. The van der Waals surface area contributed by atoms with Crippen molar-refractivity contribution >= 4 is 11.6 Å². The van der Waals surface area contributed by atoms with E-state index in [0.717, 1.165) is 11.4 Å². The Hall–Kier alpha value is -0.530. The Morgan fingerprint density at radius 3 is 2.71 bits per heavy atom. The van der Waals surface area contributed by atoms with Crippen molar-refractivity contribution < 1.29 is 0 Å². The summed E-state index contributed by atoms with van der Waals surface area (Å²) >= 11 is 6.39. The van der Waals surface area contributed by atoms with Crippen molar-refractivity contribution in [3.8, 4) is 0 Å². The molecule has 0 bridgehead atoms. The normalized spacial score (nSPS) is 23.0. The first-order chi connectivity index (χ1) is 10.2. The Balaban J connectivity index is 2.05. The molecule has 1 aromatic rings. The molecule has 0 aromatic heterocycles. The van der Waals surface area contributed by atoms with Gasteiger partial charge in [0, 0.05) is 11.1 Å². The highest BCUT2D eigenvalue weighted by Gasteiger charge is 2.22. The highest BCUT2D eigenvalue weighted by molar-refractivity contribution is 6.31. The summed E-state index contributed by atoms with van der Waals surface area (Å²) < 4.78 is 0. The lowest BCUT2D eigenvalue weighted by Gasteiger charge is -2.22. The summed E-state index contributed by atoms with van der Waals surface area (Å²) in [4.78, 5) is 0. The van der Waals surface area contributed by atoms with E-state index >= 15 is 0 Å². The molecule has 2 atom stereocenters. The van der Waals surface area contributed by atoms with Crippen molar-refractivity contribution in [2.45, 2.75) is 83.1 Å². The second-order valence-electron chi connectivity index (χ2n) is 6.57. The third-order valence-electron chi connectivity index (χ3n) is 4.87. The minimum Gasteiger partial charge on any atom is -0.327 e. The Bertz CT molecular complexity index is 430. The van der Waals surface area contributed by atoms with Crippen LogP contribution in [0.4, 0.5) is 0 Å².